The lowest BCUT2D eigenvalue weighted by Crippen LogP contribution is -2.45. The highest BCUT2D eigenvalue weighted by Gasteiger charge is 2.48. The van der Waals surface area contributed by atoms with Crippen LogP contribution in [-0.4, -0.2) is 43.0 Å². The second kappa shape index (κ2) is 8.63. The third-order valence-corrected chi connectivity index (χ3v) is 7.72. The van der Waals surface area contributed by atoms with Gasteiger partial charge in [0.15, 0.2) is 0 Å². The number of hydrogen-bond donors (Lipinski definition) is 2. The summed E-state index contributed by atoms with van der Waals surface area (Å²) in [5.41, 5.74) is 0.0913. The quantitative estimate of drug-likeness (QED) is 0.638. The Kier molecular flexibility index (Phi) is 5.77. The number of nitrogens with zero attached hydrogens (tertiary/aromatic N) is 1. The van der Waals surface area contributed by atoms with Crippen molar-refractivity contribution in [3.05, 3.63) is 29.3 Å². The van der Waals surface area contributed by atoms with Crippen LogP contribution in [0.25, 0.3) is 0 Å². The molecule has 2 aliphatic heterocycles. The second-order valence-corrected chi connectivity index (χ2v) is 10.1. The van der Waals surface area contributed by atoms with Crippen LogP contribution in [0.15, 0.2) is 12.1 Å². The Morgan fingerprint density at radius 3 is 2.50 bits per heavy atom. The fourth-order valence-electron chi connectivity index (χ4n) is 5.85. The molecule has 1 spiro atoms. The minimum Gasteiger partial charge on any atom is -0.449 e. The van der Waals surface area contributed by atoms with Crippen molar-refractivity contribution in [2.75, 3.05) is 18.1 Å². The molecule has 10 heteroatoms. The number of benzene rings is 1. The van der Waals surface area contributed by atoms with Crippen LogP contribution in [0.3, 0.4) is 0 Å². The van der Waals surface area contributed by atoms with Crippen molar-refractivity contribution < 1.29 is 32.7 Å². The van der Waals surface area contributed by atoms with Gasteiger partial charge in [-0.2, -0.15) is 0 Å². The number of alkyl carbamates (subject to hydrolysis) is 1. The van der Waals surface area contributed by atoms with Crippen molar-refractivity contribution in [2.45, 2.75) is 63.3 Å². The minimum absolute atomic E-state index is 0.00723. The number of hydrogen-bond acceptors (Lipinski definition) is 5. The lowest BCUT2D eigenvalue weighted by Gasteiger charge is -2.54. The molecule has 5 rings (SSSR count). The Hall–Kier alpha value is -3.04. The molecule has 8 nitrogen and oxygen atoms in total. The third-order valence-electron chi connectivity index (χ3n) is 7.72. The summed E-state index contributed by atoms with van der Waals surface area (Å²) in [6, 6.07) is 1.47. The number of amides is 4. The number of anilines is 1. The molecule has 2 N–H and O–H groups in total. The van der Waals surface area contributed by atoms with Crippen molar-refractivity contribution in [3.63, 3.8) is 0 Å². The summed E-state index contributed by atoms with van der Waals surface area (Å²) in [7, 11) is 0. The summed E-state index contributed by atoms with van der Waals surface area (Å²) < 4.78 is 35.0. The maximum Gasteiger partial charge on any atom is 0.407 e. The fourth-order valence-corrected chi connectivity index (χ4v) is 5.85. The lowest BCUT2D eigenvalue weighted by atomic mass is 9.52. The van der Waals surface area contributed by atoms with E-state index in [2.05, 4.69) is 10.6 Å². The molecule has 182 valence electrons. The van der Waals surface area contributed by atoms with E-state index < -0.39 is 47.1 Å². The van der Waals surface area contributed by atoms with E-state index in [0.29, 0.717) is 17.9 Å². The van der Waals surface area contributed by atoms with Gasteiger partial charge in [-0.25, -0.2) is 13.6 Å². The maximum absolute atomic E-state index is 14.8. The molecule has 2 saturated heterocycles. The average molecular weight is 475 g/mol. The van der Waals surface area contributed by atoms with E-state index in [1.807, 2.05) is 0 Å². The van der Waals surface area contributed by atoms with Gasteiger partial charge in [0, 0.05) is 30.6 Å². The molecule has 0 aromatic heterocycles. The van der Waals surface area contributed by atoms with Gasteiger partial charge in [0.2, 0.25) is 17.7 Å². The van der Waals surface area contributed by atoms with E-state index in [4.69, 9.17) is 4.74 Å². The minimum atomic E-state index is -1.11. The first-order valence-electron chi connectivity index (χ1n) is 11.8. The van der Waals surface area contributed by atoms with Crippen LogP contribution >= 0.6 is 0 Å². The molecule has 1 unspecified atom stereocenters. The number of halogens is 2. The molecular weight excluding hydrogens is 448 g/mol. The molecule has 4 fully saturated rings. The van der Waals surface area contributed by atoms with Crippen LogP contribution in [0, 0.1) is 23.0 Å². The predicted molar refractivity (Wildman–Crippen MR) is 116 cm³/mol. The van der Waals surface area contributed by atoms with Crippen LogP contribution in [-0.2, 0) is 19.1 Å². The van der Waals surface area contributed by atoms with Gasteiger partial charge in [0.25, 0.3) is 0 Å². The SMILES string of the molecule is O=C1CCC(c2c(F)cc(N3C[C@@H](NC(=O)OCC4CC5(CCC5)C4)CC3=O)cc2F)C(=O)N1. The highest BCUT2D eigenvalue weighted by Crippen LogP contribution is 2.58. The summed E-state index contributed by atoms with van der Waals surface area (Å²) in [6.45, 7) is 0.410. The zero-order valence-electron chi connectivity index (χ0n) is 18.7. The summed E-state index contributed by atoms with van der Waals surface area (Å²) in [5.74, 6) is -4.25. The molecule has 0 radical (unpaired) electrons. The van der Waals surface area contributed by atoms with Gasteiger partial charge in [0.1, 0.15) is 11.6 Å². The summed E-state index contributed by atoms with van der Waals surface area (Å²) >= 11 is 0. The van der Waals surface area contributed by atoms with E-state index in [1.54, 1.807) is 0 Å². The molecule has 1 aromatic carbocycles. The lowest BCUT2D eigenvalue weighted by molar-refractivity contribution is -0.134. The molecule has 34 heavy (non-hydrogen) atoms. The summed E-state index contributed by atoms with van der Waals surface area (Å²) in [4.78, 5) is 49.2. The molecule has 2 saturated carbocycles. The number of nitrogens with one attached hydrogen (secondary N) is 2. The monoisotopic (exact) mass is 475 g/mol. The van der Waals surface area contributed by atoms with E-state index >= 15 is 0 Å². The van der Waals surface area contributed by atoms with E-state index in [9.17, 15) is 28.0 Å². The van der Waals surface area contributed by atoms with Gasteiger partial charge in [-0.15, -0.1) is 0 Å². The molecule has 4 aliphatic rings. The van der Waals surface area contributed by atoms with Gasteiger partial charge in [-0.3, -0.25) is 19.7 Å². The Morgan fingerprint density at radius 2 is 1.88 bits per heavy atom. The maximum atomic E-state index is 14.8. The first-order valence-corrected chi connectivity index (χ1v) is 11.8. The van der Waals surface area contributed by atoms with Gasteiger partial charge >= 0.3 is 6.09 Å². The van der Waals surface area contributed by atoms with Crippen LogP contribution in [0.5, 0.6) is 0 Å². The Bertz CT molecular complexity index is 1030. The van der Waals surface area contributed by atoms with Crippen LogP contribution in [0.1, 0.15) is 62.8 Å². The summed E-state index contributed by atoms with van der Waals surface area (Å²) in [6.07, 6.45) is 5.41. The van der Waals surface area contributed by atoms with Crippen molar-refractivity contribution in [2.24, 2.45) is 11.3 Å². The predicted octanol–water partition coefficient (Wildman–Crippen LogP) is 2.90. The molecule has 1 aromatic rings. The number of rotatable bonds is 5. The van der Waals surface area contributed by atoms with Crippen molar-refractivity contribution in [1.29, 1.82) is 0 Å². The van der Waals surface area contributed by atoms with E-state index in [-0.39, 0.29) is 37.4 Å². The van der Waals surface area contributed by atoms with Gasteiger partial charge in [-0.1, -0.05) is 6.42 Å². The van der Waals surface area contributed by atoms with Gasteiger partial charge < -0.3 is 15.0 Å². The number of carbonyl (C=O) groups excluding carboxylic acids is 4. The first kappa shape index (κ1) is 22.7. The zero-order valence-corrected chi connectivity index (χ0v) is 18.7. The highest BCUT2D eigenvalue weighted by molar-refractivity contribution is 6.01. The smallest absolute Gasteiger partial charge is 0.407 e. The van der Waals surface area contributed by atoms with Gasteiger partial charge in [-0.05, 0) is 55.6 Å². The van der Waals surface area contributed by atoms with Crippen LogP contribution in [0.4, 0.5) is 19.3 Å². The molecule has 2 heterocycles. The highest BCUT2D eigenvalue weighted by atomic mass is 19.1. The van der Waals surface area contributed by atoms with Crippen LogP contribution in [0.2, 0.25) is 0 Å². The number of piperidine rings is 1. The van der Waals surface area contributed by atoms with Gasteiger partial charge in [0.05, 0.1) is 18.6 Å². The Morgan fingerprint density at radius 1 is 1.18 bits per heavy atom. The average Bonchev–Trinajstić information content (AvgIpc) is 3.06. The fraction of sp³-hybridized carbons (Fsp3) is 0.583. The molecular formula is C24H27F2N3O5. The van der Waals surface area contributed by atoms with Crippen molar-refractivity contribution in [1.82, 2.24) is 10.6 Å². The molecule has 2 aliphatic carbocycles. The second-order valence-electron chi connectivity index (χ2n) is 10.1. The van der Waals surface area contributed by atoms with Crippen molar-refractivity contribution >= 4 is 29.5 Å². The number of imide groups is 1. The third kappa shape index (κ3) is 4.25. The normalized spacial score (nSPS) is 26.2. The van der Waals surface area contributed by atoms with Crippen LogP contribution < -0.4 is 15.5 Å². The first-order chi connectivity index (χ1) is 16.2. The molecule has 4 amide bonds. The number of carbonyl (C=O) groups is 4. The zero-order chi connectivity index (χ0) is 24.0. The topological polar surface area (TPSA) is 105 Å². The largest absolute Gasteiger partial charge is 0.449 e. The Labute approximate surface area is 195 Å². The van der Waals surface area contributed by atoms with E-state index in [1.165, 1.54) is 24.2 Å². The summed E-state index contributed by atoms with van der Waals surface area (Å²) in [5, 5.41) is 4.76. The molecule has 2 atom stereocenters. The van der Waals surface area contributed by atoms with Crippen molar-refractivity contribution in [3.8, 4) is 0 Å². The van der Waals surface area contributed by atoms with E-state index in [0.717, 1.165) is 25.0 Å². The molecule has 0 bridgehead atoms. The number of ether oxygens (including phenoxy) is 1. The Balaban J connectivity index is 1.17. The standard InChI is InChI=1S/C24H27F2N3O5/c25-17-7-15(8-18(26)21(17)16-2-3-19(30)28-22(16)32)29-11-14(6-20(29)31)27-23(33)34-12-13-9-24(10-13)4-1-5-24/h7-8,13-14,16H,1-6,9-12H2,(H,27,33)(H,28,30,32)/t14-,16?/m0/s1.